The van der Waals surface area contributed by atoms with Crippen LogP contribution in [0.1, 0.15) is 44.6 Å². The maximum absolute atomic E-state index is 13.8. The van der Waals surface area contributed by atoms with Gasteiger partial charge in [0, 0.05) is 35.3 Å². The first-order valence-electron chi connectivity index (χ1n) is 10.4. The lowest BCUT2D eigenvalue weighted by atomic mass is 9.82. The van der Waals surface area contributed by atoms with Crippen molar-refractivity contribution in [2.24, 2.45) is 11.8 Å². The van der Waals surface area contributed by atoms with Crippen molar-refractivity contribution in [1.29, 1.82) is 0 Å². The molecule has 1 saturated carbocycles. The molecule has 0 bridgehead atoms. The van der Waals surface area contributed by atoms with Gasteiger partial charge in [-0.25, -0.2) is 4.79 Å². The van der Waals surface area contributed by atoms with Crippen LogP contribution in [0.3, 0.4) is 0 Å². The summed E-state index contributed by atoms with van der Waals surface area (Å²) in [7, 11) is 0. The van der Waals surface area contributed by atoms with Crippen LogP contribution in [0.4, 0.5) is 5.69 Å². The molecule has 5 nitrogen and oxygen atoms in total. The number of nitrogens with zero attached hydrogens (tertiary/aromatic N) is 2. The number of thioether (sulfide) groups is 1. The van der Waals surface area contributed by atoms with Crippen molar-refractivity contribution in [3.63, 3.8) is 0 Å². The number of aromatic nitrogens is 1. The fourth-order valence-electron chi connectivity index (χ4n) is 4.34. The summed E-state index contributed by atoms with van der Waals surface area (Å²) in [4.78, 5) is 31.5. The third-order valence-electron chi connectivity index (χ3n) is 6.10. The number of carbonyl (C=O) groups excluding carboxylic acids is 1. The van der Waals surface area contributed by atoms with Crippen LogP contribution in [0, 0.1) is 11.8 Å². The van der Waals surface area contributed by atoms with Crippen LogP contribution in [-0.4, -0.2) is 26.8 Å². The van der Waals surface area contributed by atoms with Crippen LogP contribution in [0.2, 0.25) is 0 Å². The normalized spacial score (nSPS) is 26.1. The molecule has 1 atom stereocenters. The molecule has 1 unspecified atom stereocenters. The van der Waals surface area contributed by atoms with Gasteiger partial charge in [-0.1, -0.05) is 55.1 Å². The smallest absolute Gasteiger partial charge is 0.341 e. The van der Waals surface area contributed by atoms with E-state index < -0.39 is 10.8 Å². The number of carboxylic acids is 1. The highest BCUT2D eigenvalue weighted by Crippen LogP contribution is 2.51. The fourth-order valence-corrected chi connectivity index (χ4v) is 5.66. The van der Waals surface area contributed by atoms with E-state index in [0.29, 0.717) is 11.6 Å². The van der Waals surface area contributed by atoms with Gasteiger partial charge in [0.1, 0.15) is 0 Å². The first-order valence-corrected chi connectivity index (χ1v) is 11.2. The molecule has 0 spiro atoms. The summed E-state index contributed by atoms with van der Waals surface area (Å²) in [5.41, 5.74) is 1.56. The molecule has 0 radical (unpaired) electrons. The second kappa shape index (κ2) is 8.64. The summed E-state index contributed by atoms with van der Waals surface area (Å²) in [5, 5.41) is 10.4. The van der Waals surface area contributed by atoms with Gasteiger partial charge in [0.25, 0.3) is 0 Å². The molecule has 1 aromatic carbocycles. The molecule has 156 valence electrons. The minimum atomic E-state index is -1.40. The van der Waals surface area contributed by atoms with E-state index in [0.717, 1.165) is 36.2 Å². The van der Waals surface area contributed by atoms with Crippen molar-refractivity contribution in [2.75, 3.05) is 4.90 Å². The van der Waals surface area contributed by atoms with E-state index >= 15 is 0 Å². The monoisotopic (exact) mass is 422 g/mol. The van der Waals surface area contributed by atoms with Crippen molar-refractivity contribution in [2.45, 2.75) is 43.9 Å². The number of amides is 1. The zero-order chi connectivity index (χ0) is 21.1. The van der Waals surface area contributed by atoms with Crippen LogP contribution >= 0.6 is 11.8 Å². The molecule has 1 amide bonds. The highest BCUT2D eigenvalue weighted by Gasteiger charge is 2.52. The van der Waals surface area contributed by atoms with Gasteiger partial charge in [0.15, 0.2) is 4.87 Å². The van der Waals surface area contributed by atoms with E-state index in [1.165, 1.54) is 16.7 Å². The standard InChI is InChI=1S/C24H26N2O3S/c1-17-7-9-19(10-8-17)22(27)26(20-12-15-25-16-13-20)24(23(28)29)14-11-21(30-24)18-5-3-2-4-6-18/h2-6,11-13,15-17,19H,7-10,14H2,1H3,(H,28,29). The minimum absolute atomic E-state index is 0.0919. The molecule has 1 fully saturated rings. The van der Waals surface area contributed by atoms with Crippen LogP contribution in [0.25, 0.3) is 4.91 Å². The van der Waals surface area contributed by atoms with Crippen LogP contribution in [-0.2, 0) is 9.59 Å². The Bertz CT molecular complexity index is 939. The van der Waals surface area contributed by atoms with E-state index in [-0.39, 0.29) is 18.2 Å². The molecule has 1 aromatic heterocycles. The Morgan fingerprint density at radius 1 is 1.07 bits per heavy atom. The number of aliphatic carboxylic acids is 1. The quantitative estimate of drug-likeness (QED) is 0.717. The first-order chi connectivity index (χ1) is 14.5. The Kier molecular flexibility index (Phi) is 5.95. The molecule has 4 rings (SSSR count). The number of benzene rings is 1. The summed E-state index contributed by atoms with van der Waals surface area (Å²) in [6, 6.07) is 13.2. The maximum Gasteiger partial charge on any atom is 0.341 e. The SMILES string of the molecule is CC1CCC(C(=O)N(c2ccncc2)C2(C(=O)O)CC=C(c3ccccc3)S2)CC1. The van der Waals surface area contributed by atoms with Crippen LogP contribution in [0.15, 0.2) is 60.9 Å². The average molecular weight is 423 g/mol. The van der Waals surface area contributed by atoms with E-state index in [4.69, 9.17) is 0 Å². The van der Waals surface area contributed by atoms with Crippen molar-refractivity contribution in [1.82, 2.24) is 4.98 Å². The number of hydrogen-bond acceptors (Lipinski definition) is 4. The molecule has 1 aliphatic heterocycles. The zero-order valence-corrected chi connectivity index (χ0v) is 17.8. The Morgan fingerprint density at radius 3 is 2.37 bits per heavy atom. The molecule has 2 aromatic rings. The predicted molar refractivity (Wildman–Crippen MR) is 120 cm³/mol. The lowest BCUT2D eigenvalue weighted by Crippen LogP contribution is -2.56. The van der Waals surface area contributed by atoms with E-state index in [2.05, 4.69) is 11.9 Å². The second-order valence-electron chi connectivity index (χ2n) is 8.17. The number of carboxylic acid groups (broad SMARTS) is 1. The minimum Gasteiger partial charge on any atom is -0.479 e. The summed E-state index contributed by atoms with van der Waals surface area (Å²) in [5.74, 6) is -0.620. The average Bonchev–Trinajstić information content (AvgIpc) is 3.22. The van der Waals surface area contributed by atoms with Crippen molar-refractivity contribution < 1.29 is 14.7 Å². The van der Waals surface area contributed by atoms with Crippen molar-refractivity contribution >= 4 is 34.2 Å². The Morgan fingerprint density at radius 2 is 1.73 bits per heavy atom. The zero-order valence-electron chi connectivity index (χ0n) is 17.0. The largest absolute Gasteiger partial charge is 0.479 e. The van der Waals surface area contributed by atoms with Crippen LogP contribution < -0.4 is 4.90 Å². The number of rotatable bonds is 5. The van der Waals surface area contributed by atoms with Gasteiger partial charge in [-0.3, -0.25) is 14.7 Å². The number of pyridine rings is 1. The molecule has 6 heteroatoms. The van der Waals surface area contributed by atoms with Gasteiger partial charge in [-0.15, -0.1) is 0 Å². The summed E-state index contributed by atoms with van der Waals surface area (Å²) in [6.45, 7) is 2.21. The second-order valence-corrected chi connectivity index (χ2v) is 9.49. The highest BCUT2D eigenvalue weighted by atomic mass is 32.2. The first kappa shape index (κ1) is 20.7. The molecule has 2 heterocycles. The Labute approximate surface area is 181 Å². The van der Waals surface area contributed by atoms with Gasteiger partial charge < -0.3 is 5.11 Å². The third kappa shape index (κ3) is 3.88. The molecule has 0 saturated heterocycles. The summed E-state index contributed by atoms with van der Waals surface area (Å²) >= 11 is 1.26. The Hall–Kier alpha value is -2.60. The van der Waals surface area contributed by atoms with Gasteiger partial charge in [-0.05, 0) is 49.3 Å². The highest BCUT2D eigenvalue weighted by molar-refractivity contribution is 8.10. The van der Waals surface area contributed by atoms with Crippen LogP contribution in [0.5, 0.6) is 0 Å². The molecule has 30 heavy (non-hydrogen) atoms. The number of hydrogen-bond donors (Lipinski definition) is 1. The van der Waals surface area contributed by atoms with E-state index in [1.807, 2.05) is 36.4 Å². The maximum atomic E-state index is 13.8. The molecule has 2 aliphatic rings. The van der Waals surface area contributed by atoms with E-state index in [1.54, 1.807) is 24.5 Å². The number of carbonyl (C=O) groups is 2. The molecule has 1 N–H and O–H groups in total. The number of anilines is 1. The fraction of sp³-hybridized carbons (Fsp3) is 0.375. The van der Waals surface area contributed by atoms with Gasteiger partial charge in [-0.2, -0.15) is 0 Å². The third-order valence-corrected chi connectivity index (χ3v) is 7.59. The van der Waals surface area contributed by atoms with Gasteiger partial charge in [0.2, 0.25) is 5.91 Å². The predicted octanol–water partition coefficient (Wildman–Crippen LogP) is 5.20. The molecule has 1 aliphatic carbocycles. The van der Waals surface area contributed by atoms with E-state index in [9.17, 15) is 14.7 Å². The summed E-state index contributed by atoms with van der Waals surface area (Å²) in [6.07, 6.45) is 9.04. The van der Waals surface area contributed by atoms with Crippen molar-refractivity contribution in [3.05, 3.63) is 66.5 Å². The van der Waals surface area contributed by atoms with Crippen molar-refractivity contribution in [3.8, 4) is 0 Å². The summed E-state index contributed by atoms with van der Waals surface area (Å²) < 4.78 is 0. The molecular weight excluding hydrogens is 396 g/mol. The van der Waals surface area contributed by atoms with Gasteiger partial charge in [0.05, 0.1) is 0 Å². The Balaban J connectivity index is 1.71. The molecular formula is C24H26N2O3S. The lowest BCUT2D eigenvalue weighted by Gasteiger charge is -2.40. The topological polar surface area (TPSA) is 70.5 Å². The lowest BCUT2D eigenvalue weighted by molar-refractivity contribution is -0.142. The van der Waals surface area contributed by atoms with Gasteiger partial charge >= 0.3 is 5.97 Å².